The van der Waals surface area contributed by atoms with Gasteiger partial charge in [0.1, 0.15) is 5.82 Å². The Balaban J connectivity index is 2.79. The van der Waals surface area contributed by atoms with Crippen LogP contribution in [0.3, 0.4) is 0 Å². The third-order valence-electron chi connectivity index (χ3n) is 2.46. The molecule has 0 aliphatic heterocycles. The van der Waals surface area contributed by atoms with E-state index in [-0.39, 0.29) is 5.82 Å². The van der Waals surface area contributed by atoms with E-state index in [0.29, 0.717) is 11.1 Å². The molecule has 0 fully saturated rings. The maximum absolute atomic E-state index is 13.4. The summed E-state index contributed by atoms with van der Waals surface area (Å²) in [6.07, 6.45) is 0. The molecule has 0 aliphatic carbocycles. The Hall–Kier alpha value is -0.960. The summed E-state index contributed by atoms with van der Waals surface area (Å²) in [5, 5.41) is 0.693. The zero-order valence-electron chi connectivity index (χ0n) is 8.00. The Morgan fingerprint density at radius 2 is 2.21 bits per heavy atom. The molecule has 2 aromatic rings. The van der Waals surface area contributed by atoms with Gasteiger partial charge in [-0.25, -0.2) is 4.39 Å². The van der Waals surface area contributed by atoms with Crippen molar-refractivity contribution < 1.29 is 4.39 Å². The first kappa shape index (κ1) is 9.59. The molecule has 0 spiro atoms. The highest BCUT2D eigenvalue weighted by Crippen LogP contribution is 2.23. The van der Waals surface area contributed by atoms with Gasteiger partial charge in [-0.2, -0.15) is 12.6 Å². The van der Waals surface area contributed by atoms with E-state index in [9.17, 15) is 4.39 Å². The number of fused-ring (bicyclic) bond motifs is 1. The molecule has 74 valence electrons. The number of hydrogen-bond donors (Lipinski definition) is 1. The number of nitrogens with zero attached hydrogens (tertiary/aromatic N) is 1. The second kappa shape index (κ2) is 3.65. The summed E-state index contributed by atoms with van der Waals surface area (Å²) < 4.78 is 15.5. The van der Waals surface area contributed by atoms with Crippen LogP contribution < -0.4 is 0 Å². The molecule has 0 N–H and O–H groups in total. The average molecular weight is 209 g/mol. The summed E-state index contributed by atoms with van der Waals surface area (Å²) in [6, 6.07) is 7.05. The van der Waals surface area contributed by atoms with Crippen molar-refractivity contribution in [3.63, 3.8) is 0 Å². The molecule has 0 saturated heterocycles. The molecule has 1 nitrogen and oxygen atoms in total. The standard InChI is InChI=1S/C11H12FNS/c1-2-13-8(7-14)6-9-10(12)4-3-5-11(9)13/h3-6,14H,2,7H2,1H3. The lowest BCUT2D eigenvalue weighted by Crippen LogP contribution is -1.97. The van der Waals surface area contributed by atoms with Gasteiger partial charge in [-0.15, -0.1) is 0 Å². The van der Waals surface area contributed by atoms with E-state index in [1.54, 1.807) is 6.07 Å². The van der Waals surface area contributed by atoms with Gasteiger partial charge in [0.25, 0.3) is 0 Å². The highest BCUT2D eigenvalue weighted by Gasteiger charge is 2.08. The molecular weight excluding hydrogens is 197 g/mol. The van der Waals surface area contributed by atoms with Crippen LogP contribution in [0.25, 0.3) is 10.9 Å². The van der Waals surface area contributed by atoms with Crippen LogP contribution in [0.1, 0.15) is 12.6 Å². The third-order valence-corrected chi connectivity index (χ3v) is 2.78. The van der Waals surface area contributed by atoms with Gasteiger partial charge >= 0.3 is 0 Å². The van der Waals surface area contributed by atoms with Crippen molar-refractivity contribution in [1.29, 1.82) is 0 Å². The van der Waals surface area contributed by atoms with Crippen molar-refractivity contribution in [3.8, 4) is 0 Å². The van der Waals surface area contributed by atoms with Gasteiger partial charge in [-0.1, -0.05) is 6.07 Å². The topological polar surface area (TPSA) is 4.93 Å². The van der Waals surface area contributed by atoms with E-state index < -0.39 is 0 Å². The van der Waals surface area contributed by atoms with Crippen molar-refractivity contribution in [3.05, 3.63) is 35.8 Å². The van der Waals surface area contributed by atoms with Crippen molar-refractivity contribution in [2.45, 2.75) is 19.2 Å². The molecule has 0 bridgehead atoms. The predicted octanol–water partition coefficient (Wildman–Crippen LogP) is 3.23. The van der Waals surface area contributed by atoms with Crippen LogP contribution in [0.2, 0.25) is 0 Å². The summed E-state index contributed by atoms with van der Waals surface area (Å²) >= 11 is 4.24. The van der Waals surface area contributed by atoms with Crippen LogP contribution >= 0.6 is 12.6 Å². The summed E-state index contributed by atoms with van der Waals surface area (Å²) in [5.74, 6) is 0.486. The smallest absolute Gasteiger partial charge is 0.132 e. The lowest BCUT2D eigenvalue weighted by molar-refractivity contribution is 0.639. The van der Waals surface area contributed by atoms with E-state index in [2.05, 4.69) is 24.1 Å². The second-order valence-corrected chi connectivity index (χ2v) is 3.53. The minimum atomic E-state index is -0.155. The normalized spacial score (nSPS) is 11.1. The van der Waals surface area contributed by atoms with Gasteiger partial charge in [0, 0.05) is 23.4 Å². The molecule has 14 heavy (non-hydrogen) atoms. The van der Waals surface area contributed by atoms with Gasteiger partial charge in [-0.05, 0) is 25.1 Å². The van der Waals surface area contributed by atoms with Crippen LogP contribution in [-0.4, -0.2) is 4.57 Å². The van der Waals surface area contributed by atoms with E-state index in [1.165, 1.54) is 6.07 Å². The van der Waals surface area contributed by atoms with Crippen molar-refractivity contribution >= 4 is 23.5 Å². The summed E-state index contributed by atoms with van der Waals surface area (Å²) in [7, 11) is 0. The molecule has 1 aromatic heterocycles. The summed E-state index contributed by atoms with van der Waals surface area (Å²) in [6.45, 7) is 2.90. The fourth-order valence-corrected chi connectivity index (χ4v) is 2.07. The molecule has 2 rings (SSSR count). The molecule has 3 heteroatoms. The van der Waals surface area contributed by atoms with Crippen LogP contribution in [0.15, 0.2) is 24.3 Å². The third kappa shape index (κ3) is 1.32. The fourth-order valence-electron chi connectivity index (χ4n) is 1.81. The molecule has 0 radical (unpaired) electrons. The van der Waals surface area contributed by atoms with E-state index in [0.717, 1.165) is 17.8 Å². The number of aromatic nitrogens is 1. The molecule has 0 atom stereocenters. The number of hydrogen-bond acceptors (Lipinski definition) is 1. The van der Waals surface area contributed by atoms with E-state index >= 15 is 0 Å². The van der Waals surface area contributed by atoms with Crippen molar-refractivity contribution in [1.82, 2.24) is 4.57 Å². The lowest BCUT2D eigenvalue weighted by atomic mass is 10.2. The zero-order valence-corrected chi connectivity index (χ0v) is 8.89. The quantitative estimate of drug-likeness (QED) is 0.725. The first-order chi connectivity index (χ1) is 6.77. The van der Waals surface area contributed by atoms with Gasteiger partial charge < -0.3 is 4.57 Å². The Bertz CT molecular complexity index is 462. The molecule has 0 aliphatic rings. The zero-order chi connectivity index (χ0) is 10.1. The minimum Gasteiger partial charge on any atom is -0.344 e. The van der Waals surface area contributed by atoms with Crippen LogP contribution in [0.4, 0.5) is 4.39 Å². The van der Waals surface area contributed by atoms with Crippen LogP contribution in [-0.2, 0) is 12.3 Å². The van der Waals surface area contributed by atoms with Crippen molar-refractivity contribution in [2.75, 3.05) is 0 Å². The van der Waals surface area contributed by atoms with Gasteiger partial charge in [0.15, 0.2) is 0 Å². The largest absolute Gasteiger partial charge is 0.344 e. The first-order valence-electron chi connectivity index (χ1n) is 4.65. The maximum Gasteiger partial charge on any atom is 0.132 e. The highest BCUT2D eigenvalue weighted by atomic mass is 32.1. The van der Waals surface area contributed by atoms with E-state index in [4.69, 9.17) is 0 Å². The Labute approximate surface area is 87.9 Å². The molecule has 0 unspecified atom stereocenters. The number of halogens is 1. The van der Waals surface area contributed by atoms with Crippen LogP contribution in [0.5, 0.6) is 0 Å². The van der Waals surface area contributed by atoms with Crippen LogP contribution in [0, 0.1) is 5.82 Å². The molecular formula is C11H12FNS. The molecule has 1 aromatic carbocycles. The average Bonchev–Trinajstić information content (AvgIpc) is 2.57. The first-order valence-corrected chi connectivity index (χ1v) is 5.28. The van der Waals surface area contributed by atoms with E-state index in [1.807, 2.05) is 12.1 Å². The minimum absolute atomic E-state index is 0.155. The van der Waals surface area contributed by atoms with Gasteiger partial charge in [0.05, 0.1) is 5.52 Å². The number of benzene rings is 1. The highest BCUT2D eigenvalue weighted by molar-refractivity contribution is 7.79. The second-order valence-electron chi connectivity index (χ2n) is 3.21. The Kier molecular flexibility index (Phi) is 2.50. The number of aryl methyl sites for hydroxylation is 1. The summed E-state index contributed by atoms with van der Waals surface area (Å²) in [4.78, 5) is 0. The fraction of sp³-hybridized carbons (Fsp3) is 0.273. The monoisotopic (exact) mass is 209 g/mol. The molecule has 0 amide bonds. The molecule has 0 saturated carbocycles. The SMILES string of the molecule is CCn1c(CS)cc2c(F)cccc21. The number of rotatable bonds is 2. The lowest BCUT2D eigenvalue weighted by Gasteiger charge is -2.04. The Morgan fingerprint density at radius 1 is 1.43 bits per heavy atom. The Morgan fingerprint density at radius 3 is 2.86 bits per heavy atom. The van der Waals surface area contributed by atoms with Gasteiger partial charge in [-0.3, -0.25) is 0 Å². The molecule has 1 heterocycles. The van der Waals surface area contributed by atoms with Gasteiger partial charge in [0.2, 0.25) is 0 Å². The maximum atomic E-state index is 13.4. The number of thiol groups is 1. The summed E-state index contributed by atoms with van der Waals surface area (Å²) in [5.41, 5.74) is 2.02. The van der Waals surface area contributed by atoms with Crippen molar-refractivity contribution in [2.24, 2.45) is 0 Å². The predicted molar refractivity (Wildman–Crippen MR) is 60.3 cm³/mol.